The Hall–Kier alpha value is -1.74. The minimum absolute atomic E-state index is 0.00832. The van der Waals surface area contributed by atoms with E-state index in [-0.39, 0.29) is 16.4 Å². The molecule has 0 fully saturated rings. The van der Waals surface area contributed by atoms with Crippen molar-refractivity contribution in [2.24, 2.45) is 5.14 Å². The Labute approximate surface area is 135 Å². The first kappa shape index (κ1) is 17.6. The molecule has 0 radical (unpaired) electrons. The van der Waals surface area contributed by atoms with E-state index in [2.05, 4.69) is 0 Å². The lowest BCUT2D eigenvalue weighted by molar-refractivity contribution is 0.483. The van der Waals surface area contributed by atoms with E-state index in [4.69, 9.17) is 5.14 Å². The second-order valence-electron chi connectivity index (χ2n) is 5.39. The van der Waals surface area contributed by atoms with Crippen molar-refractivity contribution in [1.82, 2.24) is 0 Å². The highest BCUT2D eigenvalue weighted by molar-refractivity contribution is 7.89. The molecule has 2 rings (SSSR count). The Morgan fingerprint density at radius 3 is 2.00 bits per heavy atom. The number of sulfonamides is 1. The molecule has 8 heteroatoms. The van der Waals surface area contributed by atoms with Gasteiger partial charge in [0.25, 0.3) is 10.1 Å². The molecular weight excluding hydrogens is 338 g/mol. The number of hydrogen-bond acceptors (Lipinski definition) is 4. The van der Waals surface area contributed by atoms with Crippen LogP contribution >= 0.6 is 0 Å². The first-order chi connectivity index (χ1) is 10.5. The molecule has 0 aromatic heterocycles. The van der Waals surface area contributed by atoms with Gasteiger partial charge in [-0.3, -0.25) is 4.55 Å². The Morgan fingerprint density at radius 1 is 0.913 bits per heavy atom. The summed E-state index contributed by atoms with van der Waals surface area (Å²) in [6, 6.07) is 10.4. The number of primary sulfonamides is 1. The molecule has 0 bridgehead atoms. The molecule has 0 unspecified atom stereocenters. The minimum atomic E-state index is -4.63. The molecular formula is C15H17NO5S2. The van der Waals surface area contributed by atoms with E-state index in [0.717, 1.165) is 11.6 Å². The molecule has 124 valence electrons. The Balaban J connectivity index is 3.02. The van der Waals surface area contributed by atoms with Crippen LogP contribution in [0, 0.1) is 0 Å². The van der Waals surface area contributed by atoms with E-state index >= 15 is 0 Å². The van der Waals surface area contributed by atoms with Gasteiger partial charge in [-0.05, 0) is 29.2 Å². The molecule has 2 aromatic rings. The molecule has 6 nitrogen and oxygen atoms in total. The predicted molar refractivity (Wildman–Crippen MR) is 87.2 cm³/mol. The lowest BCUT2D eigenvalue weighted by Crippen LogP contribution is -2.15. The second kappa shape index (κ2) is 6.04. The fraction of sp³-hybridized carbons (Fsp3) is 0.200. The summed E-state index contributed by atoms with van der Waals surface area (Å²) in [5.74, 6) is 0.00832. The summed E-state index contributed by atoms with van der Waals surface area (Å²) in [7, 11) is -8.81. The summed E-state index contributed by atoms with van der Waals surface area (Å²) in [6.45, 7) is 3.79. The van der Waals surface area contributed by atoms with Crippen molar-refractivity contribution >= 4 is 20.1 Å². The molecule has 0 heterocycles. The van der Waals surface area contributed by atoms with Gasteiger partial charge in [0.1, 0.15) is 4.90 Å². The zero-order valence-electron chi connectivity index (χ0n) is 12.6. The van der Waals surface area contributed by atoms with Gasteiger partial charge in [-0.2, -0.15) is 8.42 Å². The molecule has 0 spiro atoms. The highest BCUT2D eigenvalue weighted by Crippen LogP contribution is 2.37. The first-order valence-corrected chi connectivity index (χ1v) is 9.74. The van der Waals surface area contributed by atoms with Crippen LogP contribution in [0.1, 0.15) is 25.3 Å². The fourth-order valence-corrected chi connectivity index (χ4v) is 4.02. The monoisotopic (exact) mass is 355 g/mol. The predicted octanol–water partition coefficient (Wildman–Crippen LogP) is 2.37. The summed E-state index contributed by atoms with van der Waals surface area (Å²) >= 11 is 0. The van der Waals surface area contributed by atoms with Gasteiger partial charge in [0, 0.05) is 5.56 Å². The Bertz CT molecular complexity index is 897. The summed E-state index contributed by atoms with van der Waals surface area (Å²) < 4.78 is 56.7. The van der Waals surface area contributed by atoms with Gasteiger partial charge in [0.15, 0.2) is 0 Å². The van der Waals surface area contributed by atoms with Gasteiger partial charge in [0.2, 0.25) is 10.0 Å². The number of nitrogens with two attached hydrogens (primary N) is 1. The van der Waals surface area contributed by atoms with E-state index in [1.165, 1.54) is 12.1 Å². The van der Waals surface area contributed by atoms with E-state index in [9.17, 15) is 21.4 Å². The molecule has 0 saturated carbocycles. The normalized spacial score (nSPS) is 12.6. The smallest absolute Gasteiger partial charge is 0.282 e. The summed E-state index contributed by atoms with van der Waals surface area (Å²) in [4.78, 5) is -0.835. The van der Waals surface area contributed by atoms with E-state index in [0.29, 0.717) is 5.56 Å². The van der Waals surface area contributed by atoms with Crippen molar-refractivity contribution in [2.45, 2.75) is 29.6 Å². The van der Waals surface area contributed by atoms with Crippen LogP contribution in [0.4, 0.5) is 0 Å². The van der Waals surface area contributed by atoms with Crippen molar-refractivity contribution in [3.05, 3.63) is 48.0 Å². The average molecular weight is 355 g/mol. The second-order valence-corrected chi connectivity index (χ2v) is 8.31. The van der Waals surface area contributed by atoms with Crippen molar-refractivity contribution < 1.29 is 21.4 Å². The van der Waals surface area contributed by atoms with Gasteiger partial charge in [-0.25, -0.2) is 13.6 Å². The van der Waals surface area contributed by atoms with Crippen molar-refractivity contribution in [3.63, 3.8) is 0 Å². The van der Waals surface area contributed by atoms with Crippen LogP contribution < -0.4 is 5.14 Å². The van der Waals surface area contributed by atoms with Crippen molar-refractivity contribution in [1.29, 1.82) is 0 Å². The van der Waals surface area contributed by atoms with Crippen LogP contribution in [0.3, 0.4) is 0 Å². The lowest BCUT2D eigenvalue weighted by atomic mass is 9.92. The average Bonchev–Trinajstić information content (AvgIpc) is 2.44. The Kier molecular flexibility index (Phi) is 4.63. The number of hydrogen-bond donors (Lipinski definition) is 2. The van der Waals surface area contributed by atoms with Gasteiger partial charge in [-0.1, -0.05) is 44.2 Å². The molecule has 2 aromatic carbocycles. The summed E-state index contributed by atoms with van der Waals surface area (Å²) in [5, 5.41) is 5.23. The molecule has 0 amide bonds. The minimum Gasteiger partial charge on any atom is -0.282 e. The lowest BCUT2D eigenvalue weighted by Gasteiger charge is -2.17. The summed E-state index contributed by atoms with van der Waals surface area (Å²) in [6.07, 6.45) is 0. The molecule has 23 heavy (non-hydrogen) atoms. The first-order valence-electron chi connectivity index (χ1n) is 6.76. The van der Waals surface area contributed by atoms with Crippen LogP contribution in [-0.4, -0.2) is 21.4 Å². The molecule has 3 N–H and O–H groups in total. The van der Waals surface area contributed by atoms with Crippen LogP contribution in [0.15, 0.2) is 52.3 Å². The Morgan fingerprint density at radius 2 is 1.48 bits per heavy atom. The maximum absolute atomic E-state index is 11.9. The maximum atomic E-state index is 11.9. The number of rotatable bonds is 4. The molecule has 0 aliphatic heterocycles. The fourth-order valence-electron chi connectivity index (χ4n) is 2.46. The SMILES string of the molecule is CC(C)c1ccccc1-c1c(S(N)(=O)=O)cccc1S(=O)(=O)O. The molecule has 0 aliphatic rings. The van der Waals surface area contributed by atoms with Gasteiger partial charge in [0.05, 0.1) is 4.90 Å². The highest BCUT2D eigenvalue weighted by Gasteiger charge is 2.26. The topological polar surface area (TPSA) is 115 Å². The van der Waals surface area contributed by atoms with Gasteiger partial charge in [-0.15, -0.1) is 0 Å². The largest absolute Gasteiger partial charge is 0.295 e. The molecule has 0 atom stereocenters. The zero-order chi connectivity index (χ0) is 17.4. The third-order valence-corrected chi connectivity index (χ3v) is 5.27. The highest BCUT2D eigenvalue weighted by atomic mass is 32.2. The van der Waals surface area contributed by atoms with Crippen LogP contribution in [0.2, 0.25) is 0 Å². The van der Waals surface area contributed by atoms with Crippen LogP contribution in [0.25, 0.3) is 11.1 Å². The third-order valence-electron chi connectivity index (χ3n) is 3.42. The van der Waals surface area contributed by atoms with Gasteiger partial charge < -0.3 is 0 Å². The van der Waals surface area contributed by atoms with Crippen molar-refractivity contribution in [3.8, 4) is 11.1 Å². The quantitative estimate of drug-likeness (QED) is 0.817. The third kappa shape index (κ3) is 3.61. The number of benzene rings is 2. The summed E-state index contributed by atoms with van der Waals surface area (Å²) in [5.41, 5.74) is 1.04. The zero-order valence-corrected chi connectivity index (χ0v) is 14.2. The maximum Gasteiger partial charge on any atom is 0.295 e. The molecule has 0 saturated heterocycles. The van der Waals surface area contributed by atoms with Crippen molar-refractivity contribution in [2.75, 3.05) is 0 Å². The van der Waals surface area contributed by atoms with E-state index < -0.39 is 25.0 Å². The van der Waals surface area contributed by atoms with Crippen LogP contribution in [0.5, 0.6) is 0 Å². The van der Waals surface area contributed by atoms with Gasteiger partial charge >= 0.3 is 0 Å². The van der Waals surface area contributed by atoms with E-state index in [1.807, 2.05) is 13.8 Å². The van der Waals surface area contributed by atoms with Crippen LogP contribution in [-0.2, 0) is 20.1 Å². The van der Waals surface area contributed by atoms with E-state index in [1.54, 1.807) is 24.3 Å². The molecule has 0 aliphatic carbocycles. The standard InChI is InChI=1S/C15H17NO5S2/c1-10(2)11-6-3-4-7-12(11)15-13(22(16,17)18)8-5-9-14(15)23(19,20)21/h3-10H,1-2H3,(H2,16,17,18)(H,19,20,21).